The first kappa shape index (κ1) is 16.0. The van der Waals surface area contributed by atoms with Crippen LogP contribution in [0.1, 0.15) is 44.7 Å². The number of fused-ring (bicyclic) bond motifs is 1. The highest BCUT2D eigenvalue weighted by atomic mass is 16.2. The fourth-order valence-corrected chi connectivity index (χ4v) is 3.15. The van der Waals surface area contributed by atoms with E-state index in [1.807, 2.05) is 23.8 Å². The van der Waals surface area contributed by atoms with Crippen LogP contribution in [0.15, 0.2) is 24.4 Å². The first-order chi connectivity index (χ1) is 11.2. The summed E-state index contributed by atoms with van der Waals surface area (Å²) < 4.78 is 1.96. The average Bonchev–Trinajstić information content (AvgIpc) is 3.01. The summed E-state index contributed by atoms with van der Waals surface area (Å²) in [5, 5.41) is 6.41. The molecule has 5 heteroatoms. The Morgan fingerprint density at radius 2 is 2.26 bits per heavy atom. The van der Waals surface area contributed by atoms with Gasteiger partial charge in [0.25, 0.3) is 0 Å². The van der Waals surface area contributed by atoms with Gasteiger partial charge in [0.1, 0.15) is 12.4 Å². The number of hydrogen-bond donors (Lipinski definition) is 2. The predicted octanol–water partition coefficient (Wildman–Crippen LogP) is 2.37. The van der Waals surface area contributed by atoms with E-state index in [9.17, 15) is 4.79 Å². The molecule has 0 aromatic heterocycles. The molecule has 3 aliphatic heterocycles. The molecule has 0 bridgehead atoms. The molecule has 3 heterocycles. The minimum Gasteiger partial charge on any atom is -0.352 e. The number of pyridine rings is 1. The maximum atomic E-state index is 12.2. The highest BCUT2D eigenvalue weighted by Gasteiger charge is 2.21. The predicted molar refractivity (Wildman–Crippen MR) is 91.6 cm³/mol. The Kier molecular flexibility index (Phi) is 4.96. The van der Waals surface area contributed by atoms with Gasteiger partial charge in [0, 0.05) is 29.4 Å². The number of nitrogens with zero attached hydrogens (tertiary/aromatic N) is 2. The highest BCUT2D eigenvalue weighted by molar-refractivity contribution is 5.77. The quantitative estimate of drug-likeness (QED) is 0.891. The Bertz CT molecular complexity index is 630. The van der Waals surface area contributed by atoms with Crippen molar-refractivity contribution in [1.82, 2.24) is 20.2 Å². The van der Waals surface area contributed by atoms with Crippen molar-refractivity contribution in [2.24, 2.45) is 0 Å². The van der Waals surface area contributed by atoms with Crippen molar-refractivity contribution in [3.8, 4) is 11.4 Å². The third-order valence-electron chi connectivity index (χ3n) is 4.70. The first-order valence-corrected chi connectivity index (χ1v) is 8.63. The lowest BCUT2D eigenvalue weighted by atomic mass is 9.95. The average molecular weight is 314 g/mol. The van der Waals surface area contributed by atoms with Crippen LogP contribution in [-0.4, -0.2) is 34.6 Å². The molecule has 0 spiro atoms. The number of aromatic nitrogens is 2. The molecule has 1 saturated heterocycles. The van der Waals surface area contributed by atoms with Gasteiger partial charge in [-0.3, -0.25) is 4.79 Å². The van der Waals surface area contributed by atoms with Crippen molar-refractivity contribution < 1.29 is 4.79 Å². The van der Waals surface area contributed by atoms with E-state index in [2.05, 4.69) is 29.7 Å². The third-order valence-corrected chi connectivity index (χ3v) is 4.70. The molecular formula is C18H26N4O. The van der Waals surface area contributed by atoms with Gasteiger partial charge in [-0.1, -0.05) is 6.92 Å². The number of amides is 1. The van der Waals surface area contributed by atoms with E-state index >= 15 is 0 Å². The van der Waals surface area contributed by atoms with Crippen LogP contribution in [0.3, 0.4) is 0 Å². The van der Waals surface area contributed by atoms with Gasteiger partial charge in [-0.2, -0.15) is 0 Å². The minimum atomic E-state index is 0.0447. The largest absolute Gasteiger partial charge is 0.352 e. The molecule has 5 nitrogen and oxygen atoms in total. The van der Waals surface area contributed by atoms with Crippen LogP contribution >= 0.6 is 0 Å². The van der Waals surface area contributed by atoms with E-state index in [0.29, 0.717) is 12.5 Å². The number of hydrogen-bond acceptors (Lipinski definition) is 3. The van der Waals surface area contributed by atoms with Crippen molar-refractivity contribution >= 4 is 5.91 Å². The van der Waals surface area contributed by atoms with Crippen LogP contribution in [0.25, 0.3) is 11.4 Å². The SMILES string of the molecule is CC[C@H](C)NC(=O)Cn1cccc2cc(C3CCNCC3)nc1-2. The van der Waals surface area contributed by atoms with Crippen LogP contribution in [0.5, 0.6) is 0 Å². The van der Waals surface area contributed by atoms with Gasteiger partial charge in [-0.05, 0) is 57.5 Å². The summed E-state index contributed by atoms with van der Waals surface area (Å²) in [7, 11) is 0. The summed E-state index contributed by atoms with van der Waals surface area (Å²) in [4.78, 5) is 17.0. The van der Waals surface area contributed by atoms with E-state index in [-0.39, 0.29) is 11.9 Å². The highest BCUT2D eigenvalue weighted by Crippen LogP contribution is 2.30. The van der Waals surface area contributed by atoms with Crippen molar-refractivity contribution in [2.75, 3.05) is 13.1 Å². The molecule has 3 aliphatic rings. The molecular weight excluding hydrogens is 288 g/mol. The van der Waals surface area contributed by atoms with Crippen molar-refractivity contribution in [2.45, 2.75) is 51.6 Å². The number of carbonyl (C=O) groups excluding carboxylic acids is 1. The van der Waals surface area contributed by atoms with E-state index in [1.54, 1.807) is 0 Å². The lowest BCUT2D eigenvalue weighted by Crippen LogP contribution is -2.34. The molecule has 0 saturated carbocycles. The molecule has 1 amide bonds. The summed E-state index contributed by atoms with van der Waals surface area (Å²) in [5.74, 6) is 1.50. The van der Waals surface area contributed by atoms with E-state index < -0.39 is 0 Å². The Morgan fingerprint density at radius 1 is 1.48 bits per heavy atom. The van der Waals surface area contributed by atoms with Crippen molar-refractivity contribution in [3.05, 3.63) is 30.1 Å². The molecule has 2 N–H and O–H groups in total. The molecule has 0 aromatic carbocycles. The molecule has 1 fully saturated rings. The monoisotopic (exact) mass is 314 g/mol. The van der Waals surface area contributed by atoms with Gasteiger partial charge in [0.05, 0.1) is 0 Å². The minimum absolute atomic E-state index is 0.0447. The van der Waals surface area contributed by atoms with Crippen molar-refractivity contribution in [1.29, 1.82) is 0 Å². The number of rotatable bonds is 5. The van der Waals surface area contributed by atoms with Crippen LogP contribution in [0.2, 0.25) is 0 Å². The number of carbonyl (C=O) groups is 1. The molecule has 1 atom stereocenters. The fourth-order valence-electron chi connectivity index (χ4n) is 3.15. The fraction of sp³-hybridized carbons (Fsp3) is 0.556. The zero-order chi connectivity index (χ0) is 16.2. The van der Waals surface area contributed by atoms with Gasteiger partial charge in [-0.25, -0.2) is 4.98 Å². The summed E-state index contributed by atoms with van der Waals surface area (Å²) in [6.45, 7) is 6.54. The summed E-state index contributed by atoms with van der Waals surface area (Å²) >= 11 is 0. The maximum Gasteiger partial charge on any atom is 0.240 e. The molecule has 0 unspecified atom stereocenters. The Morgan fingerprint density at radius 3 is 3.00 bits per heavy atom. The molecule has 124 valence electrons. The molecule has 0 aliphatic carbocycles. The van der Waals surface area contributed by atoms with Gasteiger partial charge in [-0.15, -0.1) is 0 Å². The van der Waals surface area contributed by atoms with Crippen LogP contribution < -0.4 is 10.6 Å². The van der Waals surface area contributed by atoms with Gasteiger partial charge >= 0.3 is 0 Å². The number of nitrogens with one attached hydrogen (secondary N) is 2. The normalized spacial score (nSPS) is 17.3. The summed E-state index contributed by atoms with van der Waals surface area (Å²) in [6.07, 6.45) is 5.16. The first-order valence-electron chi connectivity index (χ1n) is 8.63. The Balaban J connectivity index is 1.78. The van der Waals surface area contributed by atoms with Gasteiger partial charge < -0.3 is 15.2 Å². The molecule has 0 aromatic rings. The summed E-state index contributed by atoms with van der Waals surface area (Å²) in [6, 6.07) is 6.47. The lowest BCUT2D eigenvalue weighted by Gasteiger charge is -2.20. The van der Waals surface area contributed by atoms with Crippen molar-refractivity contribution in [3.63, 3.8) is 0 Å². The smallest absolute Gasteiger partial charge is 0.240 e. The van der Waals surface area contributed by atoms with Crippen LogP contribution in [-0.2, 0) is 11.3 Å². The third kappa shape index (κ3) is 3.72. The standard InChI is InChI=1S/C18H26N4O/c1-3-13(2)20-17(23)12-22-10-4-5-15-11-16(21-18(15)22)14-6-8-19-9-7-14/h4-5,10-11,13-14,19H,3,6-9,12H2,1-2H3,(H,20,23)/t13-/m0/s1. The summed E-state index contributed by atoms with van der Waals surface area (Å²) in [5.41, 5.74) is 2.29. The molecule has 23 heavy (non-hydrogen) atoms. The van der Waals surface area contributed by atoms with Gasteiger partial charge in [0.15, 0.2) is 0 Å². The topological polar surface area (TPSA) is 59.0 Å². The van der Waals surface area contributed by atoms with E-state index in [4.69, 9.17) is 4.98 Å². The zero-order valence-corrected chi connectivity index (χ0v) is 14.0. The Labute approximate surface area is 137 Å². The van der Waals surface area contributed by atoms with E-state index in [1.165, 1.54) is 5.69 Å². The van der Waals surface area contributed by atoms with Gasteiger partial charge in [0.2, 0.25) is 5.91 Å². The second-order valence-corrected chi connectivity index (χ2v) is 6.50. The molecule has 3 rings (SSSR count). The molecule has 0 radical (unpaired) electrons. The second-order valence-electron chi connectivity index (χ2n) is 6.50. The van der Waals surface area contributed by atoms with Crippen LogP contribution in [0, 0.1) is 0 Å². The lowest BCUT2D eigenvalue weighted by molar-refractivity contribution is -0.122. The van der Waals surface area contributed by atoms with Crippen LogP contribution in [0.4, 0.5) is 0 Å². The maximum absolute atomic E-state index is 12.2. The number of piperidine rings is 1. The second kappa shape index (κ2) is 7.13. The zero-order valence-electron chi connectivity index (χ0n) is 14.0. The van der Waals surface area contributed by atoms with E-state index in [0.717, 1.165) is 43.7 Å². The Hall–Kier alpha value is -1.88.